The van der Waals surface area contributed by atoms with Crippen molar-refractivity contribution in [3.05, 3.63) is 77.2 Å². The summed E-state index contributed by atoms with van der Waals surface area (Å²) in [7, 11) is 0. The SMILES string of the molecule is Cc1nc2ccc(F)cc2cc1C(=O)NCc1ccccc1. The van der Waals surface area contributed by atoms with E-state index in [-0.39, 0.29) is 11.7 Å². The normalized spacial score (nSPS) is 10.6. The van der Waals surface area contributed by atoms with E-state index < -0.39 is 0 Å². The van der Waals surface area contributed by atoms with E-state index in [0.717, 1.165) is 5.56 Å². The van der Waals surface area contributed by atoms with Crippen LogP contribution >= 0.6 is 0 Å². The molecule has 0 atom stereocenters. The molecule has 0 radical (unpaired) electrons. The van der Waals surface area contributed by atoms with Gasteiger partial charge in [0, 0.05) is 11.9 Å². The molecule has 0 bridgehead atoms. The van der Waals surface area contributed by atoms with Gasteiger partial charge in [0.2, 0.25) is 0 Å². The number of aromatic nitrogens is 1. The van der Waals surface area contributed by atoms with Crippen LogP contribution in [0.5, 0.6) is 0 Å². The third-order valence-electron chi connectivity index (χ3n) is 3.51. The number of hydrogen-bond acceptors (Lipinski definition) is 2. The predicted molar refractivity (Wildman–Crippen MR) is 84.1 cm³/mol. The quantitative estimate of drug-likeness (QED) is 0.801. The maximum atomic E-state index is 13.3. The van der Waals surface area contributed by atoms with Crippen LogP contribution in [-0.4, -0.2) is 10.9 Å². The number of hydrogen-bond donors (Lipinski definition) is 1. The Morgan fingerprint density at radius 3 is 2.68 bits per heavy atom. The minimum atomic E-state index is -0.339. The third kappa shape index (κ3) is 2.96. The maximum Gasteiger partial charge on any atom is 0.253 e. The van der Waals surface area contributed by atoms with Crippen LogP contribution in [0.1, 0.15) is 21.6 Å². The summed E-state index contributed by atoms with van der Waals surface area (Å²) in [5.74, 6) is -0.547. The van der Waals surface area contributed by atoms with Crippen molar-refractivity contribution >= 4 is 16.8 Å². The van der Waals surface area contributed by atoms with E-state index in [1.54, 1.807) is 19.1 Å². The van der Waals surface area contributed by atoms with Crippen LogP contribution in [-0.2, 0) is 6.54 Å². The Labute approximate surface area is 127 Å². The molecule has 3 nitrogen and oxygen atoms in total. The van der Waals surface area contributed by atoms with Crippen LogP contribution < -0.4 is 5.32 Å². The van der Waals surface area contributed by atoms with Gasteiger partial charge in [-0.25, -0.2) is 4.39 Å². The molecule has 0 fully saturated rings. The lowest BCUT2D eigenvalue weighted by Crippen LogP contribution is -2.24. The van der Waals surface area contributed by atoms with Gasteiger partial charge in [-0.1, -0.05) is 30.3 Å². The zero-order valence-corrected chi connectivity index (χ0v) is 12.1. The summed E-state index contributed by atoms with van der Waals surface area (Å²) in [6.07, 6.45) is 0. The molecular weight excluding hydrogens is 279 g/mol. The summed E-state index contributed by atoms with van der Waals surface area (Å²) >= 11 is 0. The summed E-state index contributed by atoms with van der Waals surface area (Å²) in [5.41, 5.74) is 2.80. The molecule has 3 rings (SSSR count). The lowest BCUT2D eigenvalue weighted by atomic mass is 10.1. The van der Waals surface area contributed by atoms with Gasteiger partial charge in [-0.05, 0) is 36.8 Å². The van der Waals surface area contributed by atoms with Crippen molar-refractivity contribution in [2.45, 2.75) is 13.5 Å². The number of nitrogens with one attached hydrogen (secondary N) is 1. The number of rotatable bonds is 3. The first-order valence-corrected chi connectivity index (χ1v) is 7.02. The van der Waals surface area contributed by atoms with Crippen molar-refractivity contribution < 1.29 is 9.18 Å². The number of carbonyl (C=O) groups is 1. The van der Waals surface area contributed by atoms with Crippen molar-refractivity contribution in [2.75, 3.05) is 0 Å². The highest BCUT2D eigenvalue weighted by molar-refractivity contribution is 5.98. The maximum absolute atomic E-state index is 13.3. The number of pyridine rings is 1. The van der Waals surface area contributed by atoms with E-state index >= 15 is 0 Å². The van der Waals surface area contributed by atoms with Crippen LogP contribution in [0.2, 0.25) is 0 Å². The van der Waals surface area contributed by atoms with Crippen LogP contribution in [0.3, 0.4) is 0 Å². The fourth-order valence-electron chi connectivity index (χ4n) is 2.35. The highest BCUT2D eigenvalue weighted by atomic mass is 19.1. The number of aryl methyl sites for hydroxylation is 1. The highest BCUT2D eigenvalue weighted by Crippen LogP contribution is 2.18. The van der Waals surface area contributed by atoms with Gasteiger partial charge in [-0.2, -0.15) is 0 Å². The van der Waals surface area contributed by atoms with Gasteiger partial charge in [0.15, 0.2) is 0 Å². The summed E-state index contributed by atoms with van der Waals surface area (Å²) in [4.78, 5) is 16.7. The minimum absolute atomic E-state index is 0.208. The Bertz CT molecular complexity index is 831. The Morgan fingerprint density at radius 2 is 1.91 bits per heavy atom. The summed E-state index contributed by atoms with van der Waals surface area (Å²) in [6, 6.07) is 15.7. The van der Waals surface area contributed by atoms with Crippen LogP contribution in [0.25, 0.3) is 10.9 Å². The summed E-state index contributed by atoms with van der Waals surface area (Å²) < 4.78 is 13.3. The zero-order chi connectivity index (χ0) is 15.5. The Balaban J connectivity index is 1.85. The molecule has 0 saturated carbocycles. The first kappa shape index (κ1) is 14.2. The van der Waals surface area contributed by atoms with Gasteiger partial charge in [0.25, 0.3) is 5.91 Å². The van der Waals surface area contributed by atoms with Crippen molar-refractivity contribution in [2.24, 2.45) is 0 Å². The van der Waals surface area contributed by atoms with E-state index in [4.69, 9.17) is 0 Å². The summed E-state index contributed by atoms with van der Waals surface area (Å²) in [6.45, 7) is 2.22. The molecule has 0 aliphatic carbocycles. The first-order valence-electron chi connectivity index (χ1n) is 7.02. The molecule has 110 valence electrons. The number of fused-ring (bicyclic) bond motifs is 1. The topological polar surface area (TPSA) is 42.0 Å². The minimum Gasteiger partial charge on any atom is -0.348 e. The molecule has 0 unspecified atom stereocenters. The smallest absolute Gasteiger partial charge is 0.253 e. The fraction of sp³-hybridized carbons (Fsp3) is 0.111. The standard InChI is InChI=1S/C18H15FN2O/c1-12-16(10-14-9-15(19)7-8-17(14)21-12)18(22)20-11-13-5-3-2-4-6-13/h2-10H,11H2,1H3,(H,20,22). The Hall–Kier alpha value is -2.75. The van der Waals surface area contributed by atoms with Crippen molar-refractivity contribution in [1.82, 2.24) is 10.3 Å². The molecule has 1 amide bonds. The van der Waals surface area contributed by atoms with Crippen molar-refractivity contribution in [1.29, 1.82) is 0 Å². The average molecular weight is 294 g/mol. The van der Waals surface area contributed by atoms with E-state index in [1.165, 1.54) is 12.1 Å². The molecule has 0 saturated heterocycles. The fourth-order valence-corrected chi connectivity index (χ4v) is 2.35. The van der Waals surface area contributed by atoms with Crippen LogP contribution in [0.4, 0.5) is 4.39 Å². The number of carbonyl (C=O) groups excluding carboxylic acids is 1. The second-order valence-electron chi connectivity index (χ2n) is 5.13. The monoisotopic (exact) mass is 294 g/mol. The first-order chi connectivity index (χ1) is 10.6. The second-order valence-corrected chi connectivity index (χ2v) is 5.13. The van der Waals surface area contributed by atoms with Gasteiger partial charge in [0.1, 0.15) is 5.82 Å². The molecule has 22 heavy (non-hydrogen) atoms. The van der Waals surface area contributed by atoms with Crippen molar-refractivity contribution in [3.63, 3.8) is 0 Å². The summed E-state index contributed by atoms with van der Waals surface area (Å²) in [5, 5.41) is 3.48. The lowest BCUT2D eigenvalue weighted by molar-refractivity contribution is 0.0950. The molecule has 0 aliphatic heterocycles. The average Bonchev–Trinajstić information content (AvgIpc) is 2.53. The lowest BCUT2D eigenvalue weighted by Gasteiger charge is -2.09. The molecule has 1 aromatic heterocycles. The zero-order valence-electron chi connectivity index (χ0n) is 12.1. The molecular formula is C18H15FN2O. The van der Waals surface area contributed by atoms with Gasteiger partial charge < -0.3 is 5.32 Å². The largest absolute Gasteiger partial charge is 0.348 e. The number of halogens is 1. The van der Waals surface area contributed by atoms with Gasteiger partial charge in [-0.3, -0.25) is 9.78 Å². The number of amides is 1. The van der Waals surface area contributed by atoms with Crippen molar-refractivity contribution in [3.8, 4) is 0 Å². The van der Waals surface area contributed by atoms with Gasteiger partial charge in [0.05, 0.1) is 16.8 Å². The number of benzene rings is 2. The molecule has 1 N–H and O–H groups in total. The van der Waals surface area contributed by atoms with E-state index in [1.807, 2.05) is 30.3 Å². The Morgan fingerprint density at radius 1 is 1.14 bits per heavy atom. The third-order valence-corrected chi connectivity index (χ3v) is 3.51. The molecule has 1 heterocycles. The Kier molecular flexibility index (Phi) is 3.83. The van der Waals surface area contributed by atoms with E-state index in [0.29, 0.717) is 28.7 Å². The van der Waals surface area contributed by atoms with Crippen LogP contribution in [0.15, 0.2) is 54.6 Å². The molecule has 0 spiro atoms. The molecule has 2 aromatic carbocycles. The van der Waals surface area contributed by atoms with Gasteiger partial charge in [-0.15, -0.1) is 0 Å². The number of nitrogens with zero attached hydrogens (tertiary/aromatic N) is 1. The van der Waals surface area contributed by atoms with E-state index in [2.05, 4.69) is 10.3 Å². The molecule has 0 aliphatic rings. The van der Waals surface area contributed by atoms with E-state index in [9.17, 15) is 9.18 Å². The molecule has 4 heteroatoms. The molecule has 3 aromatic rings. The van der Waals surface area contributed by atoms with Gasteiger partial charge >= 0.3 is 0 Å². The highest BCUT2D eigenvalue weighted by Gasteiger charge is 2.11. The van der Waals surface area contributed by atoms with Crippen LogP contribution in [0, 0.1) is 12.7 Å². The predicted octanol–water partition coefficient (Wildman–Crippen LogP) is 3.61. The second kappa shape index (κ2) is 5.93.